The first-order chi connectivity index (χ1) is 7.91. The summed E-state index contributed by atoms with van der Waals surface area (Å²) in [6, 6.07) is 4.65. The molecule has 6 heteroatoms. The number of alkyl halides is 3. The van der Waals surface area contributed by atoms with Crippen molar-refractivity contribution in [3.8, 4) is 0 Å². The van der Waals surface area contributed by atoms with Crippen molar-refractivity contribution in [2.75, 3.05) is 13.1 Å². The number of carbonyl (C=O) groups excluding carboxylic acids is 1. The van der Waals surface area contributed by atoms with Crippen LogP contribution in [0.2, 0.25) is 5.02 Å². The fourth-order valence-electron chi connectivity index (χ4n) is 1.60. The molecule has 1 amide bonds. The van der Waals surface area contributed by atoms with E-state index < -0.39 is 28.2 Å². The summed E-state index contributed by atoms with van der Waals surface area (Å²) in [4.78, 5) is 13.1. The Morgan fingerprint density at radius 2 is 2.06 bits per heavy atom. The van der Waals surface area contributed by atoms with Crippen LogP contribution in [0, 0.1) is 6.07 Å². The molecule has 0 unspecified atom stereocenters. The molecule has 0 atom stereocenters. The molecule has 1 aromatic rings. The first-order valence-electron chi connectivity index (χ1n) is 4.98. The van der Waals surface area contributed by atoms with E-state index in [4.69, 9.17) is 11.6 Å². The number of benzene rings is 1. The summed E-state index contributed by atoms with van der Waals surface area (Å²) >= 11 is 5.51. The molecule has 1 fully saturated rings. The lowest BCUT2D eigenvalue weighted by Crippen LogP contribution is -2.42. The Labute approximate surface area is 101 Å². The van der Waals surface area contributed by atoms with Gasteiger partial charge in [-0.1, -0.05) is 17.7 Å². The molecule has 2 rings (SSSR count). The second-order valence-electron chi connectivity index (χ2n) is 3.72. The summed E-state index contributed by atoms with van der Waals surface area (Å²) in [5, 5.41) is -0.472. The second kappa shape index (κ2) is 4.22. The van der Waals surface area contributed by atoms with Crippen molar-refractivity contribution in [1.29, 1.82) is 0 Å². The Balaban J connectivity index is 2.46. The predicted octanol–water partition coefficient (Wildman–Crippen LogP) is 3.00. The van der Waals surface area contributed by atoms with Gasteiger partial charge in [-0.05, 0) is 18.6 Å². The summed E-state index contributed by atoms with van der Waals surface area (Å²) in [6.07, 6.45) is -3.83. The lowest BCUT2D eigenvalue weighted by atomic mass is 10.0. The van der Waals surface area contributed by atoms with Crippen LogP contribution >= 0.6 is 11.6 Å². The number of nitrogens with zero attached hydrogens (tertiary/aromatic N) is 1. The number of hydrogen-bond donors (Lipinski definition) is 0. The standard InChI is InChI=1S/C11H8ClF3NO/c12-8-4-1-3-7(9(8)11(13,14)15)10(17)16-5-2-6-16/h1,4H,2,5-6H2. The Hall–Kier alpha value is -1.23. The van der Waals surface area contributed by atoms with Gasteiger partial charge in [-0.15, -0.1) is 0 Å². The van der Waals surface area contributed by atoms with Crippen molar-refractivity contribution in [2.45, 2.75) is 12.6 Å². The fourth-order valence-corrected chi connectivity index (χ4v) is 1.86. The number of hydrogen-bond acceptors (Lipinski definition) is 1. The van der Waals surface area contributed by atoms with Crippen LogP contribution in [0.4, 0.5) is 13.2 Å². The normalized spacial score (nSPS) is 15.6. The van der Waals surface area contributed by atoms with Crippen LogP contribution in [-0.2, 0) is 6.18 Å². The topological polar surface area (TPSA) is 20.3 Å². The predicted molar refractivity (Wildman–Crippen MR) is 55.8 cm³/mol. The molecule has 1 radical (unpaired) electrons. The Morgan fingerprint density at radius 3 is 2.53 bits per heavy atom. The Morgan fingerprint density at radius 1 is 1.41 bits per heavy atom. The van der Waals surface area contributed by atoms with Gasteiger partial charge in [0.15, 0.2) is 0 Å². The fraction of sp³-hybridized carbons (Fsp3) is 0.364. The lowest BCUT2D eigenvalue weighted by Gasteiger charge is -2.31. The summed E-state index contributed by atoms with van der Waals surface area (Å²) in [6.45, 7) is 0.965. The van der Waals surface area contributed by atoms with E-state index in [-0.39, 0.29) is 0 Å². The molecular formula is C11H8ClF3NO. The molecule has 0 aliphatic carbocycles. The second-order valence-corrected chi connectivity index (χ2v) is 4.13. The van der Waals surface area contributed by atoms with Gasteiger partial charge >= 0.3 is 6.18 Å². The first kappa shape index (κ1) is 12.2. The molecule has 0 saturated carbocycles. The Kier molecular flexibility index (Phi) is 3.03. The molecule has 1 saturated heterocycles. The minimum atomic E-state index is -4.65. The molecule has 0 N–H and O–H groups in total. The van der Waals surface area contributed by atoms with Crippen molar-refractivity contribution in [2.24, 2.45) is 0 Å². The minimum absolute atomic E-state index is 0.472. The average molecular weight is 263 g/mol. The number of likely N-dealkylation sites (tertiary alicyclic amines) is 1. The van der Waals surface area contributed by atoms with E-state index in [1.165, 1.54) is 11.0 Å². The highest BCUT2D eigenvalue weighted by molar-refractivity contribution is 6.32. The zero-order valence-corrected chi connectivity index (χ0v) is 9.40. The van der Waals surface area contributed by atoms with Crippen molar-refractivity contribution >= 4 is 17.5 Å². The average Bonchev–Trinajstić information content (AvgIpc) is 2.12. The molecule has 1 aliphatic rings. The van der Waals surface area contributed by atoms with E-state index in [1.54, 1.807) is 0 Å². The monoisotopic (exact) mass is 262 g/mol. The number of halogens is 4. The third kappa shape index (κ3) is 2.24. The molecule has 91 valence electrons. The lowest BCUT2D eigenvalue weighted by molar-refractivity contribution is -0.138. The third-order valence-corrected chi connectivity index (χ3v) is 2.90. The van der Waals surface area contributed by atoms with Gasteiger partial charge in [0, 0.05) is 13.1 Å². The van der Waals surface area contributed by atoms with E-state index in [1.807, 2.05) is 0 Å². The quantitative estimate of drug-likeness (QED) is 0.762. The van der Waals surface area contributed by atoms with Crippen molar-refractivity contribution < 1.29 is 18.0 Å². The van der Waals surface area contributed by atoms with Crippen molar-refractivity contribution in [3.63, 3.8) is 0 Å². The van der Waals surface area contributed by atoms with Gasteiger partial charge in [0.1, 0.15) is 0 Å². The molecule has 2 nitrogen and oxygen atoms in total. The van der Waals surface area contributed by atoms with Crippen LogP contribution < -0.4 is 0 Å². The van der Waals surface area contributed by atoms with Crippen LogP contribution in [0.25, 0.3) is 0 Å². The number of rotatable bonds is 1. The van der Waals surface area contributed by atoms with Gasteiger partial charge < -0.3 is 4.90 Å². The summed E-state index contributed by atoms with van der Waals surface area (Å²) in [5.41, 5.74) is -1.59. The Bertz CT molecular complexity index is 455. The number of carbonyl (C=O) groups is 1. The maximum absolute atomic E-state index is 12.8. The molecule has 0 bridgehead atoms. The highest BCUT2D eigenvalue weighted by Gasteiger charge is 2.39. The highest BCUT2D eigenvalue weighted by Crippen LogP contribution is 2.37. The van der Waals surface area contributed by atoms with Gasteiger partial charge in [-0.3, -0.25) is 4.79 Å². The van der Waals surface area contributed by atoms with Crippen LogP contribution in [0.15, 0.2) is 12.1 Å². The molecule has 1 heterocycles. The highest BCUT2D eigenvalue weighted by atomic mass is 35.5. The minimum Gasteiger partial charge on any atom is -0.338 e. The maximum atomic E-state index is 12.8. The molecule has 0 spiro atoms. The van der Waals surface area contributed by atoms with E-state index in [9.17, 15) is 18.0 Å². The first-order valence-corrected chi connectivity index (χ1v) is 5.35. The van der Waals surface area contributed by atoms with E-state index in [0.717, 1.165) is 12.5 Å². The zero-order valence-electron chi connectivity index (χ0n) is 8.64. The van der Waals surface area contributed by atoms with Crippen molar-refractivity contribution in [1.82, 2.24) is 4.90 Å². The van der Waals surface area contributed by atoms with Crippen LogP contribution in [-0.4, -0.2) is 23.9 Å². The van der Waals surface area contributed by atoms with E-state index in [2.05, 4.69) is 6.07 Å². The molecule has 17 heavy (non-hydrogen) atoms. The van der Waals surface area contributed by atoms with Crippen LogP contribution in [0.3, 0.4) is 0 Å². The SMILES string of the molecule is O=C(c1[c]ccc(Cl)c1C(F)(F)F)N1CCC1. The van der Waals surface area contributed by atoms with E-state index in [0.29, 0.717) is 13.1 Å². The summed E-state index contributed by atoms with van der Waals surface area (Å²) in [7, 11) is 0. The van der Waals surface area contributed by atoms with Crippen molar-refractivity contribution in [3.05, 3.63) is 34.3 Å². The van der Waals surface area contributed by atoms with Crippen LogP contribution in [0.5, 0.6) is 0 Å². The van der Waals surface area contributed by atoms with Gasteiger partial charge in [0.2, 0.25) is 0 Å². The molecular weight excluding hydrogens is 255 g/mol. The molecule has 1 aromatic carbocycles. The van der Waals surface area contributed by atoms with Crippen LogP contribution in [0.1, 0.15) is 22.3 Å². The van der Waals surface area contributed by atoms with Gasteiger partial charge in [0.05, 0.1) is 16.1 Å². The maximum Gasteiger partial charge on any atom is 0.418 e. The molecule has 1 aliphatic heterocycles. The summed E-state index contributed by atoms with van der Waals surface area (Å²) in [5.74, 6) is -0.661. The number of amides is 1. The largest absolute Gasteiger partial charge is 0.418 e. The molecule has 0 aromatic heterocycles. The van der Waals surface area contributed by atoms with Gasteiger partial charge in [-0.25, -0.2) is 0 Å². The van der Waals surface area contributed by atoms with E-state index >= 15 is 0 Å². The van der Waals surface area contributed by atoms with Gasteiger partial charge in [0.25, 0.3) is 5.91 Å². The smallest absolute Gasteiger partial charge is 0.338 e. The summed E-state index contributed by atoms with van der Waals surface area (Å²) < 4.78 is 38.3. The van der Waals surface area contributed by atoms with Gasteiger partial charge in [-0.2, -0.15) is 13.2 Å². The zero-order chi connectivity index (χ0) is 12.6. The third-order valence-electron chi connectivity index (χ3n) is 2.59.